The van der Waals surface area contributed by atoms with Crippen LogP contribution in [0.25, 0.3) is 0 Å². The second kappa shape index (κ2) is 7.54. The molecule has 0 bridgehead atoms. The van der Waals surface area contributed by atoms with Gasteiger partial charge in [0, 0.05) is 5.57 Å². The monoisotopic (exact) mass is 314 g/mol. The third kappa shape index (κ3) is 3.08. The smallest absolute Gasteiger partial charge is 0.346 e. The molecule has 0 saturated heterocycles. The summed E-state index contributed by atoms with van der Waals surface area (Å²) in [6, 6.07) is 0. The lowest BCUT2D eigenvalue weighted by molar-refractivity contribution is -0.172. The number of Topliss-reactive ketones (excluding diaryl/α,β-unsaturated/α-hetero) is 2. The molecule has 0 saturated carbocycles. The van der Waals surface area contributed by atoms with E-state index in [-0.39, 0.29) is 10.5 Å². The number of amides is 2. The zero-order chi connectivity index (χ0) is 17.7. The first-order valence-electron chi connectivity index (χ1n) is 6.05. The molecule has 0 aromatic carbocycles. The molecule has 10 heteroatoms. The van der Waals surface area contributed by atoms with Gasteiger partial charge >= 0.3 is 5.97 Å². The van der Waals surface area contributed by atoms with Crippen molar-refractivity contribution in [1.29, 1.82) is 0 Å². The van der Waals surface area contributed by atoms with Gasteiger partial charge in [-0.25, -0.2) is 9.69 Å². The lowest BCUT2D eigenvalue weighted by Crippen LogP contribution is -2.71. The Morgan fingerprint density at radius 3 is 1.64 bits per heavy atom. The van der Waals surface area contributed by atoms with Crippen molar-refractivity contribution in [2.75, 3.05) is 19.6 Å². The third-order valence-electron chi connectivity index (χ3n) is 2.81. The topological polar surface area (TPSA) is 187 Å². The highest BCUT2D eigenvalue weighted by molar-refractivity contribution is 6.32. The number of hydrogen-bond donors (Lipinski definition) is 4. The van der Waals surface area contributed by atoms with Gasteiger partial charge in [-0.3, -0.25) is 19.2 Å². The first kappa shape index (κ1) is 19.6. The van der Waals surface area contributed by atoms with Crippen LogP contribution in [0.1, 0.15) is 6.92 Å². The molecular formula is C12H18N4O6. The van der Waals surface area contributed by atoms with E-state index in [1.54, 1.807) is 0 Å². The van der Waals surface area contributed by atoms with Gasteiger partial charge in [-0.05, 0) is 6.92 Å². The molecule has 2 amide bonds. The van der Waals surface area contributed by atoms with E-state index >= 15 is 0 Å². The fourth-order valence-electron chi connectivity index (χ4n) is 1.77. The van der Waals surface area contributed by atoms with Crippen molar-refractivity contribution in [2.24, 2.45) is 17.2 Å². The minimum absolute atomic E-state index is 0.0257. The second-order valence-electron chi connectivity index (χ2n) is 4.29. The molecule has 7 N–H and O–H groups in total. The maximum absolute atomic E-state index is 12.1. The fourth-order valence-corrected chi connectivity index (χ4v) is 1.77. The number of rotatable bonds is 8. The van der Waals surface area contributed by atoms with E-state index in [1.165, 1.54) is 6.92 Å². The zero-order valence-electron chi connectivity index (χ0n) is 12.0. The molecule has 0 aliphatic rings. The summed E-state index contributed by atoms with van der Waals surface area (Å²) >= 11 is 0. The number of aliphatic carboxylic acids is 1. The molecule has 0 aliphatic carbocycles. The number of imide groups is 1. The summed E-state index contributed by atoms with van der Waals surface area (Å²) in [5, 5.41) is 9.40. The van der Waals surface area contributed by atoms with Crippen molar-refractivity contribution < 1.29 is 29.1 Å². The van der Waals surface area contributed by atoms with Gasteiger partial charge in [0.15, 0.2) is 11.6 Å². The number of hydrogen-bond acceptors (Lipinski definition) is 8. The maximum Gasteiger partial charge on any atom is 0.346 e. The van der Waals surface area contributed by atoms with Gasteiger partial charge in [0.25, 0.3) is 11.4 Å². The molecule has 0 radical (unpaired) electrons. The zero-order valence-corrected chi connectivity index (χ0v) is 12.0. The highest BCUT2D eigenvalue weighted by Crippen LogP contribution is 2.22. The highest BCUT2D eigenvalue weighted by Gasteiger charge is 2.59. The van der Waals surface area contributed by atoms with Crippen LogP contribution in [0.3, 0.4) is 0 Å². The van der Waals surface area contributed by atoms with Crippen LogP contribution in [-0.2, 0) is 24.0 Å². The molecule has 0 unspecified atom stereocenters. The number of carboxylic acids is 1. The highest BCUT2D eigenvalue weighted by atomic mass is 16.4. The first-order valence-corrected chi connectivity index (χ1v) is 6.05. The SMILES string of the molecule is C=C(C)C(=O)N(C(=O)CN)C(C(=O)O)(C(=O)CN)C(=O)CN. The quantitative estimate of drug-likeness (QED) is 0.263. The Kier molecular flexibility index (Phi) is 6.71. The number of nitrogens with two attached hydrogens (primary N) is 3. The van der Waals surface area contributed by atoms with E-state index in [1.807, 2.05) is 0 Å². The van der Waals surface area contributed by atoms with Crippen molar-refractivity contribution in [3.63, 3.8) is 0 Å². The van der Waals surface area contributed by atoms with Gasteiger partial charge in [-0.15, -0.1) is 0 Å². The van der Waals surface area contributed by atoms with Crippen LogP contribution in [0.4, 0.5) is 0 Å². The molecule has 122 valence electrons. The number of ketones is 2. The predicted molar refractivity (Wildman–Crippen MR) is 74.2 cm³/mol. The molecule has 10 nitrogen and oxygen atoms in total. The van der Waals surface area contributed by atoms with Gasteiger partial charge in [0.05, 0.1) is 19.6 Å². The van der Waals surface area contributed by atoms with Gasteiger partial charge in [-0.1, -0.05) is 6.58 Å². The van der Waals surface area contributed by atoms with Crippen molar-refractivity contribution in [2.45, 2.75) is 12.5 Å². The molecule has 22 heavy (non-hydrogen) atoms. The van der Waals surface area contributed by atoms with Gasteiger partial charge in [0.2, 0.25) is 5.91 Å². The van der Waals surface area contributed by atoms with Crippen LogP contribution in [0.5, 0.6) is 0 Å². The summed E-state index contributed by atoms with van der Waals surface area (Å²) < 4.78 is 0. The summed E-state index contributed by atoms with van der Waals surface area (Å²) in [5.74, 6) is -7.27. The Morgan fingerprint density at radius 1 is 1.00 bits per heavy atom. The van der Waals surface area contributed by atoms with Crippen LogP contribution in [0, 0.1) is 0 Å². The van der Waals surface area contributed by atoms with Gasteiger partial charge in [-0.2, -0.15) is 0 Å². The minimum atomic E-state index is -3.16. The molecular weight excluding hydrogens is 296 g/mol. The lowest BCUT2D eigenvalue weighted by atomic mass is 9.85. The third-order valence-corrected chi connectivity index (χ3v) is 2.81. The van der Waals surface area contributed by atoms with E-state index in [4.69, 9.17) is 17.2 Å². The van der Waals surface area contributed by atoms with Crippen molar-refractivity contribution in [3.05, 3.63) is 12.2 Å². The fraction of sp³-hybridized carbons (Fsp3) is 0.417. The largest absolute Gasteiger partial charge is 0.479 e. The van der Waals surface area contributed by atoms with Crippen molar-refractivity contribution >= 4 is 29.4 Å². The Bertz CT molecular complexity index is 526. The molecule has 0 fully saturated rings. The van der Waals surface area contributed by atoms with E-state index in [0.29, 0.717) is 0 Å². The van der Waals surface area contributed by atoms with E-state index in [0.717, 1.165) is 0 Å². The Labute approximate surface area is 125 Å². The van der Waals surface area contributed by atoms with Crippen LogP contribution in [0.2, 0.25) is 0 Å². The van der Waals surface area contributed by atoms with Crippen LogP contribution < -0.4 is 17.2 Å². The summed E-state index contributed by atoms with van der Waals surface area (Å²) in [4.78, 5) is 59.8. The van der Waals surface area contributed by atoms with E-state index in [2.05, 4.69) is 6.58 Å². The van der Waals surface area contributed by atoms with Crippen molar-refractivity contribution in [1.82, 2.24) is 4.90 Å². The molecule has 0 rings (SSSR count). The summed E-state index contributed by atoms with van der Waals surface area (Å²) in [6.45, 7) is 1.82. The Morgan fingerprint density at radius 2 is 1.41 bits per heavy atom. The Hall–Kier alpha value is -2.43. The molecule has 0 heterocycles. The summed E-state index contributed by atoms with van der Waals surface area (Å²) in [5.41, 5.74) is 12.0. The molecule has 0 aromatic rings. The number of carboxylic acid groups (broad SMARTS) is 1. The summed E-state index contributed by atoms with van der Waals surface area (Å²) in [6.07, 6.45) is 0. The second-order valence-corrected chi connectivity index (χ2v) is 4.29. The Balaban J connectivity index is 6.65. The minimum Gasteiger partial charge on any atom is -0.479 e. The standard InChI is InChI=1S/C12H18N4O6/c1-6(2)10(20)16(9(19)5-15)12(11(21)22,7(17)3-13)8(18)4-14/h1,3-5,13-15H2,2H3,(H,21,22). The van der Waals surface area contributed by atoms with Crippen LogP contribution in [0.15, 0.2) is 12.2 Å². The van der Waals surface area contributed by atoms with Crippen LogP contribution >= 0.6 is 0 Å². The maximum atomic E-state index is 12.1. The van der Waals surface area contributed by atoms with E-state index in [9.17, 15) is 29.1 Å². The van der Waals surface area contributed by atoms with Gasteiger partial charge < -0.3 is 22.3 Å². The average molecular weight is 314 g/mol. The normalized spacial score (nSPS) is 10.7. The molecule has 0 atom stereocenters. The van der Waals surface area contributed by atoms with Crippen molar-refractivity contribution in [3.8, 4) is 0 Å². The van der Waals surface area contributed by atoms with Gasteiger partial charge in [0.1, 0.15) is 0 Å². The number of nitrogens with zero attached hydrogens (tertiary/aromatic N) is 1. The number of carbonyl (C=O) groups is 5. The van der Waals surface area contributed by atoms with Crippen LogP contribution in [-0.4, -0.2) is 64.5 Å². The molecule has 0 aromatic heterocycles. The summed E-state index contributed by atoms with van der Waals surface area (Å²) in [7, 11) is 0. The predicted octanol–water partition coefficient (Wildman–Crippen LogP) is -3.24. The molecule has 0 aliphatic heterocycles. The molecule has 0 spiro atoms. The number of carbonyl (C=O) groups excluding carboxylic acids is 4. The van der Waals surface area contributed by atoms with E-state index < -0.39 is 54.5 Å². The first-order chi connectivity index (χ1) is 10.1. The lowest BCUT2D eigenvalue weighted by Gasteiger charge is -2.36. The average Bonchev–Trinajstić information content (AvgIpc) is 2.48.